The van der Waals surface area contributed by atoms with Gasteiger partial charge in [0.1, 0.15) is 5.71 Å². The Morgan fingerprint density at radius 3 is 2.56 bits per heavy atom. The molecule has 4 rings (SSSR count). The smallest absolute Gasteiger partial charge is 0.265 e. The molecule has 1 amide bonds. The number of aromatic nitrogens is 1. The Kier molecular flexibility index (Phi) is 5.18. The van der Waals surface area contributed by atoms with Crippen molar-refractivity contribution >= 4 is 34.6 Å². The minimum atomic E-state index is -0.658. The van der Waals surface area contributed by atoms with E-state index in [0.717, 1.165) is 21.7 Å². The molecule has 0 saturated heterocycles. The van der Waals surface area contributed by atoms with E-state index in [2.05, 4.69) is 15.5 Å². The number of rotatable bonds is 5. The molecule has 0 fully saturated rings. The van der Waals surface area contributed by atoms with Crippen molar-refractivity contribution in [1.82, 2.24) is 10.3 Å². The van der Waals surface area contributed by atoms with Gasteiger partial charge in [0.25, 0.3) is 5.91 Å². The van der Waals surface area contributed by atoms with Gasteiger partial charge in [0, 0.05) is 18.8 Å². The van der Waals surface area contributed by atoms with Crippen LogP contribution >= 0.6 is 22.9 Å². The Balaban J connectivity index is 1.50. The maximum Gasteiger partial charge on any atom is 0.265 e. The summed E-state index contributed by atoms with van der Waals surface area (Å²) in [6.45, 7) is 0. The molecule has 1 aliphatic heterocycles. The molecular formula is C20H16ClN3O2S. The summed E-state index contributed by atoms with van der Waals surface area (Å²) in [5.74, 6) is -0.206. The summed E-state index contributed by atoms with van der Waals surface area (Å²) < 4.78 is 0.683. The number of oxime groups is 1. The molecule has 136 valence electrons. The van der Waals surface area contributed by atoms with E-state index < -0.39 is 6.10 Å². The van der Waals surface area contributed by atoms with E-state index in [9.17, 15) is 4.79 Å². The van der Waals surface area contributed by atoms with Gasteiger partial charge < -0.3 is 10.2 Å². The van der Waals surface area contributed by atoms with E-state index >= 15 is 0 Å². The number of carbonyl (C=O) groups is 1. The zero-order valence-corrected chi connectivity index (χ0v) is 15.8. The van der Waals surface area contributed by atoms with Crippen molar-refractivity contribution in [3.8, 4) is 0 Å². The first-order valence-electron chi connectivity index (χ1n) is 8.44. The second-order valence-corrected chi connectivity index (χ2v) is 7.79. The molecule has 27 heavy (non-hydrogen) atoms. The van der Waals surface area contributed by atoms with Crippen LogP contribution in [0.5, 0.6) is 0 Å². The van der Waals surface area contributed by atoms with Crippen LogP contribution in [-0.2, 0) is 9.63 Å². The molecule has 3 heterocycles. The van der Waals surface area contributed by atoms with E-state index in [1.54, 1.807) is 12.4 Å². The van der Waals surface area contributed by atoms with Gasteiger partial charge in [-0.3, -0.25) is 9.78 Å². The molecule has 2 unspecified atom stereocenters. The van der Waals surface area contributed by atoms with Crippen molar-refractivity contribution in [2.45, 2.75) is 18.6 Å². The van der Waals surface area contributed by atoms with Crippen molar-refractivity contribution < 1.29 is 9.63 Å². The maximum atomic E-state index is 12.8. The number of carbonyl (C=O) groups excluding carboxylic acids is 1. The fourth-order valence-electron chi connectivity index (χ4n) is 2.93. The van der Waals surface area contributed by atoms with Gasteiger partial charge in [-0.1, -0.05) is 47.1 Å². The summed E-state index contributed by atoms with van der Waals surface area (Å²) >= 11 is 7.40. The van der Waals surface area contributed by atoms with Crippen molar-refractivity contribution in [3.05, 3.63) is 87.3 Å². The first kappa shape index (κ1) is 17.7. The van der Waals surface area contributed by atoms with Crippen molar-refractivity contribution in [2.75, 3.05) is 0 Å². The predicted octanol–water partition coefficient (Wildman–Crippen LogP) is 4.20. The summed E-state index contributed by atoms with van der Waals surface area (Å²) in [6, 6.07) is 17.0. The molecule has 1 N–H and O–H groups in total. The molecule has 0 saturated carbocycles. The monoisotopic (exact) mass is 397 g/mol. The van der Waals surface area contributed by atoms with Crippen molar-refractivity contribution in [1.29, 1.82) is 0 Å². The van der Waals surface area contributed by atoms with Crippen LogP contribution in [-0.4, -0.2) is 22.7 Å². The maximum absolute atomic E-state index is 12.8. The zero-order valence-electron chi connectivity index (χ0n) is 14.2. The average Bonchev–Trinajstić information content (AvgIpc) is 3.36. The molecular weight excluding hydrogens is 382 g/mol. The van der Waals surface area contributed by atoms with E-state index in [4.69, 9.17) is 16.4 Å². The Morgan fingerprint density at radius 2 is 1.85 bits per heavy atom. The lowest BCUT2D eigenvalue weighted by Crippen LogP contribution is -2.37. The second-order valence-electron chi connectivity index (χ2n) is 6.07. The number of nitrogens with one attached hydrogen (secondary N) is 1. The van der Waals surface area contributed by atoms with E-state index in [0.29, 0.717) is 10.8 Å². The molecule has 0 bridgehead atoms. The standard InChI is InChI=1S/C20H16ClN3O2S/c21-18-7-6-17(27-18)15-12-16(26-24-15)20(25)23-19(13-4-2-1-3-5-13)14-8-10-22-11-9-14/h1-11,16,19H,12H2,(H,23,25). The van der Waals surface area contributed by atoms with E-state index in [1.807, 2.05) is 54.6 Å². The van der Waals surface area contributed by atoms with Crippen LogP contribution in [0.2, 0.25) is 4.34 Å². The lowest BCUT2D eigenvalue weighted by atomic mass is 9.99. The fourth-order valence-corrected chi connectivity index (χ4v) is 3.96. The largest absolute Gasteiger partial charge is 0.382 e. The van der Waals surface area contributed by atoms with Gasteiger partial charge in [-0.25, -0.2) is 0 Å². The molecule has 2 atom stereocenters. The number of nitrogens with zero attached hydrogens (tertiary/aromatic N) is 2. The van der Waals surface area contributed by atoms with Crippen LogP contribution in [0.15, 0.2) is 72.1 Å². The summed E-state index contributed by atoms with van der Waals surface area (Å²) in [4.78, 5) is 23.2. The molecule has 3 aromatic rings. The Labute approximate surface area is 165 Å². The highest BCUT2D eigenvalue weighted by Gasteiger charge is 2.31. The summed E-state index contributed by atoms with van der Waals surface area (Å²) in [6.07, 6.45) is 3.19. The third-order valence-corrected chi connectivity index (χ3v) is 5.56. The lowest BCUT2D eigenvalue weighted by Gasteiger charge is -2.21. The lowest BCUT2D eigenvalue weighted by molar-refractivity contribution is -0.131. The Bertz CT molecular complexity index is 920. The van der Waals surface area contributed by atoms with Crippen LogP contribution in [0.3, 0.4) is 0 Å². The third-order valence-electron chi connectivity index (χ3n) is 4.28. The van der Waals surface area contributed by atoms with Crippen LogP contribution in [0.25, 0.3) is 0 Å². The number of hydrogen-bond donors (Lipinski definition) is 1. The van der Waals surface area contributed by atoms with Crippen LogP contribution < -0.4 is 5.32 Å². The quantitative estimate of drug-likeness (QED) is 0.701. The minimum absolute atomic E-state index is 0.206. The molecule has 0 aliphatic carbocycles. The van der Waals surface area contributed by atoms with Crippen LogP contribution in [0.1, 0.15) is 28.5 Å². The molecule has 0 spiro atoms. The van der Waals surface area contributed by atoms with Gasteiger partial charge in [-0.2, -0.15) is 0 Å². The number of thiophene rings is 1. The Morgan fingerprint density at radius 1 is 1.11 bits per heavy atom. The zero-order chi connectivity index (χ0) is 18.6. The first-order chi connectivity index (χ1) is 13.2. The van der Waals surface area contributed by atoms with Crippen molar-refractivity contribution in [3.63, 3.8) is 0 Å². The molecule has 1 aliphatic rings. The van der Waals surface area contributed by atoms with Gasteiger partial charge in [-0.05, 0) is 35.4 Å². The van der Waals surface area contributed by atoms with Gasteiger partial charge >= 0.3 is 0 Å². The number of halogens is 1. The molecule has 5 nitrogen and oxygen atoms in total. The predicted molar refractivity (Wildman–Crippen MR) is 106 cm³/mol. The SMILES string of the molecule is O=C(NC(c1ccccc1)c1ccncc1)C1CC(c2ccc(Cl)s2)=NO1. The molecule has 2 aromatic heterocycles. The second kappa shape index (κ2) is 7.90. The number of amides is 1. The van der Waals surface area contributed by atoms with Crippen LogP contribution in [0.4, 0.5) is 0 Å². The third kappa shape index (κ3) is 4.02. The highest BCUT2D eigenvalue weighted by molar-refractivity contribution is 7.18. The molecule has 1 aromatic carbocycles. The number of benzene rings is 1. The fraction of sp³-hybridized carbons (Fsp3) is 0.150. The van der Waals surface area contributed by atoms with Gasteiger partial charge in [0.05, 0.1) is 15.3 Å². The first-order valence-corrected chi connectivity index (χ1v) is 9.64. The van der Waals surface area contributed by atoms with E-state index in [1.165, 1.54) is 11.3 Å². The Hall–Kier alpha value is -2.70. The topological polar surface area (TPSA) is 63.6 Å². The highest BCUT2D eigenvalue weighted by atomic mass is 35.5. The van der Waals surface area contributed by atoms with Gasteiger partial charge in [-0.15, -0.1) is 11.3 Å². The summed E-state index contributed by atoms with van der Waals surface area (Å²) in [7, 11) is 0. The number of pyridine rings is 1. The van der Waals surface area contributed by atoms with Crippen LogP contribution in [0, 0.1) is 0 Å². The molecule has 7 heteroatoms. The van der Waals surface area contributed by atoms with Gasteiger partial charge in [0.2, 0.25) is 6.10 Å². The van der Waals surface area contributed by atoms with E-state index in [-0.39, 0.29) is 11.9 Å². The highest BCUT2D eigenvalue weighted by Crippen LogP contribution is 2.27. The van der Waals surface area contributed by atoms with Crippen molar-refractivity contribution in [2.24, 2.45) is 5.16 Å². The van der Waals surface area contributed by atoms with Gasteiger partial charge in [0.15, 0.2) is 0 Å². The number of hydrogen-bond acceptors (Lipinski definition) is 5. The normalized spacial score (nSPS) is 17.1. The summed E-state index contributed by atoms with van der Waals surface area (Å²) in [5.41, 5.74) is 2.68. The summed E-state index contributed by atoms with van der Waals surface area (Å²) in [5, 5.41) is 7.15. The minimum Gasteiger partial charge on any atom is -0.382 e. The average molecular weight is 398 g/mol. The molecule has 0 radical (unpaired) electrons.